The molecule has 0 fully saturated rings. The van der Waals surface area contributed by atoms with E-state index in [1.165, 1.54) is 22.3 Å². The van der Waals surface area contributed by atoms with Gasteiger partial charge in [-0.25, -0.2) is 9.97 Å². The first kappa shape index (κ1) is 20.8. The molecular weight excluding hydrogens is 388 g/mol. The molecule has 0 aliphatic carbocycles. The first-order valence-corrected chi connectivity index (χ1v) is 11.2. The fourth-order valence-electron chi connectivity index (χ4n) is 3.05. The number of anilines is 1. The number of nitrogens with one attached hydrogen (secondary N) is 2. The van der Waals surface area contributed by atoms with Crippen LogP contribution in [0.25, 0.3) is 10.2 Å². The van der Waals surface area contributed by atoms with Crippen LogP contribution in [0.1, 0.15) is 37.0 Å². The number of quaternary nitrogens is 1. The minimum Gasteiger partial charge on any atom is -0.329 e. The van der Waals surface area contributed by atoms with Gasteiger partial charge < -0.3 is 10.2 Å². The van der Waals surface area contributed by atoms with E-state index in [9.17, 15) is 4.79 Å². The Balaban J connectivity index is 1.96. The van der Waals surface area contributed by atoms with E-state index in [1.54, 1.807) is 23.1 Å². The molecule has 7 heteroatoms. The van der Waals surface area contributed by atoms with E-state index in [0.29, 0.717) is 0 Å². The summed E-state index contributed by atoms with van der Waals surface area (Å²) < 4.78 is 0. The zero-order valence-electron chi connectivity index (χ0n) is 17.0. The lowest BCUT2D eigenvalue weighted by atomic mass is 10.2. The maximum absolute atomic E-state index is 11.2. The Bertz CT molecular complexity index is 978. The summed E-state index contributed by atoms with van der Waals surface area (Å²) in [6, 6.07) is 7.89. The van der Waals surface area contributed by atoms with Crippen LogP contribution in [0.2, 0.25) is 0 Å². The summed E-state index contributed by atoms with van der Waals surface area (Å²) in [6.45, 7) is 13.2. The number of hydrogen-bond donors (Lipinski definition) is 2. The number of aryl methyl sites for hydroxylation is 2. The number of carbonyl (C=O) groups excluding carboxylic acids is 1. The lowest BCUT2D eigenvalue weighted by Gasteiger charge is -2.15. The minimum absolute atomic E-state index is 0.0640. The molecule has 148 valence electrons. The summed E-state index contributed by atoms with van der Waals surface area (Å²) in [6.07, 6.45) is 0. The third kappa shape index (κ3) is 4.71. The van der Waals surface area contributed by atoms with Crippen molar-refractivity contribution < 1.29 is 9.69 Å². The van der Waals surface area contributed by atoms with E-state index in [-0.39, 0.29) is 5.91 Å². The smallest absolute Gasteiger partial charge is 0.221 e. The van der Waals surface area contributed by atoms with Gasteiger partial charge in [-0.2, -0.15) is 0 Å². The monoisotopic (exact) mass is 415 g/mol. The van der Waals surface area contributed by atoms with Crippen LogP contribution in [0.4, 0.5) is 5.69 Å². The largest absolute Gasteiger partial charge is 0.329 e. The molecule has 0 aliphatic rings. The van der Waals surface area contributed by atoms with Gasteiger partial charge in [-0.15, -0.1) is 11.3 Å². The molecule has 0 unspecified atom stereocenters. The van der Waals surface area contributed by atoms with Crippen molar-refractivity contribution >= 4 is 44.9 Å². The lowest BCUT2D eigenvalue weighted by Crippen LogP contribution is -3.10. The van der Waals surface area contributed by atoms with Gasteiger partial charge in [0, 0.05) is 27.8 Å². The lowest BCUT2D eigenvalue weighted by molar-refractivity contribution is -0.910. The molecule has 28 heavy (non-hydrogen) atoms. The van der Waals surface area contributed by atoms with Crippen molar-refractivity contribution in [2.24, 2.45) is 0 Å². The fraction of sp³-hybridized carbons (Fsp3) is 0.381. The highest BCUT2D eigenvalue weighted by molar-refractivity contribution is 7.99. The third-order valence-corrected chi connectivity index (χ3v) is 6.94. The molecule has 2 heterocycles. The summed E-state index contributed by atoms with van der Waals surface area (Å²) >= 11 is 3.41. The fourth-order valence-corrected chi connectivity index (χ4v) is 5.16. The molecule has 0 spiro atoms. The van der Waals surface area contributed by atoms with Crippen molar-refractivity contribution in [1.82, 2.24) is 9.97 Å². The van der Waals surface area contributed by atoms with Crippen LogP contribution in [0.15, 0.2) is 34.2 Å². The predicted molar refractivity (Wildman–Crippen MR) is 118 cm³/mol. The van der Waals surface area contributed by atoms with Crippen molar-refractivity contribution in [1.29, 1.82) is 0 Å². The average Bonchev–Trinajstić information content (AvgIpc) is 2.95. The molecule has 1 amide bonds. The average molecular weight is 416 g/mol. The Morgan fingerprint density at radius 2 is 1.82 bits per heavy atom. The molecule has 2 aromatic heterocycles. The number of benzene rings is 1. The van der Waals surface area contributed by atoms with Gasteiger partial charge >= 0.3 is 0 Å². The van der Waals surface area contributed by atoms with Crippen LogP contribution in [0, 0.1) is 13.8 Å². The number of carbonyl (C=O) groups is 1. The second-order valence-electron chi connectivity index (χ2n) is 6.85. The number of nitrogens with zero attached hydrogens (tertiary/aromatic N) is 2. The van der Waals surface area contributed by atoms with Crippen molar-refractivity contribution in [2.75, 3.05) is 18.4 Å². The predicted octanol–water partition coefficient (Wildman–Crippen LogP) is 3.84. The molecule has 0 bridgehead atoms. The topological polar surface area (TPSA) is 59.3 Å². The maximum atomic E-state index is 11.2. The minimum atomic E-state index is -0.0640. The normalized spacial score (nSPS) is 11.4. The van der Waals surface area contributed by atoms with Gasteiger partial charge in [0.15, 0.2) is 5.82 Å². The van der Waals surface area contributed by atoms with Crippen molar-refractivity contribution in [2.45, 2.75) is 51.1 Å². The number of hydrogen-bond acceptors (Lipinski definition) is 5. The zero-order chi connectivity index (χ0) is 20.3. The molecule has 0 saturated heterocycles. The van der Waals surface area contributed by atoms with Crippen LogP contribution in [0.3, 0.4) is 0 Å². The van der Waals surface area contributed by atoms with E-state index >= 15 is 0 Å². The van der Waals surface area contributed by atoms with Crippen LogP contribution < -0.4 is 10.2 Å². The first-order valence-electron chi connectivity index (χ1n) is 9.56. The van der Waals surface area contributed by atoms with Gasteiger partial charge in [0.1, 0.15) is 16.4 Å². The van der Waals surface area contributed by atoms with Crippen molar-refractivity contribution in [3.63, 3.8) is 0 Å². The van der Waals surface area contributed by atoms with E-state index in [2.05, 4.69) is 33.0 Å². The van der Waals surface area contributed by atoms with E-state index in [4.69, 9.17) is 9.97 Å². The Morgan fingerprint density at radius 3 is 2.43 bits per heavy atom. The molecule has 2 N–H and O–H groups in total. The second-order valence-corrected chi connectivity index (χ2v) is 9.12. The van der Waals surface area contributed by atoms with Crippen LogP contribution in [0.5, 0.6) is 0 Å². The van der Waals surface area contributed by atoms with Crippen LogP contribution >= 0.6 is 23.1 Å². The summed E-state index contributed by atoms with van der Waals surface area (Å²) in [4.78, 5) is 26.0. The Labute approximate surface area is 174 Å². The summed E-state index contributed by atoms with van der Waals surface area (Å²) in [5, 5.41) is 4.98. The maximum Gasteiger partial charge on any atom is 0.221 e. The zero-order valence-corrected chi connectivity index (χ0v) is 18.7. The van der Waals surface area contributed by atoms with E-state index in [0.717, 1.165) is 51.3 Å². The molecule has 3 aromatic rings. The summed E-state index contributed by atoms with van der Waals surface area (Å²) in [7, 11) is 0. The standard InChI is InChI=1S/C21H26N4OS2/c1-6-25(7-2)12-18-23-20-19(13(3)14(4)27-20)21(24-18)28-17-10-8-16(9-11-17)22-15(5)26/h8-11H,6-7,12H2,1-5H3,(H,22,26)/p+1. The highest BCUT2D eigenvalue weighted by Crippen LogP contribution is 2.38. The number of rotatable bonds is 7. The van der Waals surface area contributed by atoms with Gasteiger partial charge in [-0.3, -0.25) is 4.79 Å². The second kappa shape index (κ2) is 9.03. The van der Waals surface area contributed by atoms with Gasteiger partial charge in [0.05, 0.1) is 13.1 Å². The Hall–Kier alpha value is -1.96. The van der Waals surface area contributed by atoms with Gasteiger partial charge in [-0.1, -0.05) is 11.8 Å². The van der Waals surface area contributed by atoms with Crippen LogP contribution in [-0.2, 0) is 11.3 Å². The summed E-state index contributed by atoms with van der Waals surface area (Å²) in [5.41, 5.74) is 2.07. The van der Waals surface area contributed by atoms with E-state index < -0.39 is 0 Å². The molecule has 0 atom stereocenters. The quantitative estimate of drug-likeness (QED) is 0.576. The SMILES string of the molecule is CC[NH+](CC)Cc1nc(Sc2ccc(NC(C)=O)cc2)c2c(C)c(C)sc2n1. The number of amides is 1. The van der Waals surface area contributed by atoms with Crippen molar-refractivity contribution in [3.05, 3.63) is 40.5 Å². The third-order valence-electron chi connectivity index (χ3n) is 4.84. The van der Waals surface area contributed by atoms with Crippen molar-refractivity contribution in [3.8, 4) is 0 Å². The Morgan fingerprint density at radius 1 is 1.14 bits per heavy atom. The van der Waals surface area contributed by atoms with Crippen LogP contribution in [-0.4, -0.2) is 29.0 Å². The first-order chi connectivity index (χ1) is 13.4. The molecule has 5 nitrogen and oxygen atoms in total. The van der Waals surface area contributed by atoms with E-state index in [1.807, 2.05) is 24.3 Å². The summed E-state index contributed by atoms with van der Waals surface area (Å²) in [5.74, 6) is 0.843. The van der Waals surface area contributed by atoms with Gasteiger partial charge in [0.2, 0.25) is 5.91 Å². The number of aromatic nitrogens is 2. The number of fused-ring (bicyclic) bond motifs is 1. The number of thiophene rings is 1. The van der Waals surface area contributed by atoms with Gasteiger partial charge in [-0.05, 0) is 57.5 Å². The molecule has 1 aromatic carbocycles. The molecule has 0 radical (unpaired) electrons. The van der Waals surface area contributed by atoms with Gasteiger partial charge in [0.25, 0.3) is 0 Å². The molecule has 0 saturated carbocycles. The molecular formula is C21H27N4OS2+. The highest BCUT2D eigenvalue weighted by Gasteiger charge is 2.17. The Kier molecular flexibility index (Phi) is 6.69. The highest BCUT2D eigenvalue weighted by atomic mass is 32.2. The molecule has 0 aliphatic heterocycles. The molecule has 3 rings (SSSR count).